The number of hydrogen-bond donors (Lipinski definition) is 3. The summed E-state index contributed by atoms with van der Waals surface area (Å²) in [4.78, 5) is 14.2. The van der Waals surface area contributed by atoms with Gasteiger partial charge in [0.2, 0.25) is 5.75 Å². The van der Waals surface area contributed by atoms with Crippen LogP contribution in [0.1, 0.15) is 23.2 Å². The van der Waals surface area contributed by atoms with E-state index in [9.17, 15) is 15.2 Å². The minimum absolute atomic E-state index is 0.132. The Labute approximate surface area is 141 Å². The van der Waals surface area contributed by atoms with E-state index in [-0.39, 0.29) is 16.4 Å². The monoisotopic (exact) mass is 348 g/mol. The molecule has 0 aliphatic rings. The molecule has 0 aliphatic heterocycles. The average Bonchev–Trinajstić information content (AvgIpc) is 2.89. The minimum Gasteiger partial charge on any atom is -0.502 e. The maximum absolute atomic E-state index is 10.8. The standard InChI is InChI=1S/C14H13ClN6O3/c15-9-4-8(13(22)12(5-9)21(23)24)7-18-3-1-2-11-10(6-16)14(17)20-19-11/h4-5,7,22H,1-3H2,(H3,17,19,20). The molecule has 0 saturated heterocycles. The van der Waals surface area contributed by atoms with Crippen molar-refractivity contribution in [3.05, 3.63) is 44.1 Å². The van der Waals surface area contributed by atoms with Crippen LogP contribution in [0.2, 0.25) is 5.02 Å². The van der Waals surface area contributed by atoms with E-state index >= 15 is 0 Å². The van der Waals surface area contributed by atoms with Crippen LogP contribution in [-0.4, -0.2) is 33.0 Å². The quantitative estimate of drug-likeness (QED) is 0.314. The number of halogens is 1. The molecule has 0 fully saturated rings. The molecule has 2 rings (SSSR count). The summed E-state index contributed by atoms with van der Waals surface area (Å²) in [5.74, 6) is -0.326. The van der Waals surface area contributed by atoms with Gasteiger partial charge < -0.3 is 10.8 Å². The number of hydrogen-bond acceptors (Lipinski definition) is 7. The molecular weight excluding hydrogens is 336 g/mol. The number of nitrogen functional groups attached to an aromatic ring is 1. The number of benzene rings is 1. The van der Waals surface area contributed by atoms with E-state index in [4.69, 9.17) is 22.6 Å². The number of anilines is 1. The summed E-state index contributed by atoms with van der Waals surface area (Å²) in [6.07, 6.45) is 2.43. The lowest BCUT2D eigenvalue weighted by atomic mass is 10.1. The first-order valence-electron chi connectivity index (χ1n) is 6.83. The first-order chi connectivity index (χ1) is 11.4. The number of rotatable bonds is 6. The summed E-state index contributed by atoms with van der Waals surface area (Å²) < 4.78 is 0. The van der Waals surface area contributed by atoms with Crippen molar-refractivity contribution >= 4 is 29.3 Å². The zero-order chi connectivity index (χ0) is 17.7. The predicted octanol–water partition coefficient (Wildman–Crippen LogP) is 2.18. The number of H-pyrrole nitrogens is 1. The van der Waals surface area contributed by atoms with Gasteiger partial charge in [0.25, 0.3) is 0 Å². The average molecular weight is 349 g/mol. The lowest BCUT2D eigenvalue weighted by Gasteiger charge is -2.01. The molecule has 0 unspecified atom stereocenters. The zero-order valence-corrected chi connectivity index (χ0v) is 13.1. The number of nitriles is 1. The molecule has 2 aromatic rings. The summed E-state index contributed by atoms with van der Waals surface area (Å²) in [5, 5.41) is 36.2. The van der Waals surface area contributed by atoms with E-state index in [0.29, 0.717) is 30.6 Å². The third-order valence-corrected chi connectivity index (χ3v) is 3.42. The first-order valence-corrected chi connectivity index (χ1v) is 7.21. The first kappa shape index (κ1) is 17.2. The molecule has 4 N–H and O–H groups in total. The van der Waals surface area contributed by atoms with Gasteiger partial charge in [-0.15, -0.1) is 0 Å². The Balaban J connectivity index is 2.00. The van der Waals surface area contributed by atoms with E-state index in [2.05, 4.69) is 15.2 Å². The lowest BCUT2D eigenvalue weighted by molar-refractivity contribution is -0.385. The highest BCUT2D eigenvalue weighted by molar-refractivity contribution is 6.31. The molecule has 9 nitrogen and oxygen atoms in total. The second-order valence-corrected chi connectivity index (χ2v) is 5.27. The summed E-state index contributed by atoms with van der Waals surface area (Å²) in [6, 6.07) is 4.43. The van der Waals surface area contributed by atoms with Crippen LogP contribution in [0.5, 0.6) is 5.75 Å². The molecule has 1 aromatic heterocycles. The highest BCUT2D eigenvalue weighted by Crippen LogP contribution is 2.32. The third kappa shape index (κ3) is 3.80. The van der Waals surface area contributed by atoms with Crippen LogP contribution in [0.25, 0.3) is 0 Å². The largest absolute Gasteiger partial charge is 0.502 e. The molecule has 1 aromatic carbocycles. The topological polar surface area (TPSA) is 154 Å². The van der Waals surface area contributed by atoms with Gasteiger partial charge in [0.15, 0.2) is 5.82 Å². The van der Waals surface area contributed by atoms with E-state index in [1.165, 1.54) is 12.3 Å². The van der Waals surface area contributed by atoms with Gasteiger partial charge in [-0.05, 0) is 18.9 Å². The van der Waals surface area contributed by atoms with Crippen molar-refractivity contribution in [2.24, 2.45) is 4.99 Å². The van der Waals surface area contributed by atoms with Crippen molar-refractivity contribution in [1.29, 1.82) is 5.26 Å². The number of nitro benzene ring substituents is 1. The van der Waals surface area contributed by atoms with Gasteiger partial charge in [-0.2, -0.15) is 10.4 Å². The molecule has 0 radical (unpaired) electrons. The number of aromatic hydroxyl groups is 1. The number of nitrogens with one attached hydrogen (secondary N) is 1. The van der Waals surface area contributed by atoms with Crippen LogP contribution in [0, 0.1) is 21.4 Å². The van der Waals surface area contributed by atoms with Crippen molar-refractivity contribution in [3.8, 4) is 11.8 Å². The van der Waals surface area contributed by atoms with Crippen LogP contribution >= 0.6 is 11.6 Å². The van der Waals surface area contributed by atoms with Crippen LogP contribution in [-0.2, 0) is 6.42 Å². The maximum Gasteiger partial charge on any atom is 0.312 e. The van der Waals surface area contributed by atoms with Crippen molar-refractivity contribution in [2.45, 2.75) is 12.8 Å². The molecule has 10 heteroatoms. The fourth-order valence-corrected chi connectivity index (χ4v) is 2.27. The number of aromatic nitrogens is 2. The molecule has 24 heavy (non-hydrogen) atoms. The number of phenolic OH excluding ortho intramolecular Hbond substituents is 1. The van der Waals surface area contributed by atoms with Crippen LogP contribution < -0.4 is 5.73 Å². The third-order valence-electron chi connectivity index (χ3n) is 3.21. The Kier molecular flexibility index (Phi) is 5.34. The number of aromatic amines is 1. The molecule has 0 amide bonds. The van der Waals surface area contributed by atoms with Crippen molar-refractivity contribution in [1.82, 2.24) is 10.2 Å². The second-order valence-electron chi connectivity index (χ2n) is 4.83. The molecule has 0 bridgehead atoms. The molecule has 0 saturated carbocycles. The number of aryl methyl sites for hydroxylation is 1. The Bertz CT molecular complexity index is 840. The number of phenols is 1. The van der Waals surface area contributed by atoms with Gasteiger partial charge in [0, 0.05) is 29.4 Å². The van der Waals surface area contributed by atoms with E-state index < -0.39 is 16.4 Å². The molecule has 0 spiro atoms. The number of nitrogens with zero attached hydrogens (tertiary/aromatic N) is 4. The Morgan fingerprint density at radius 3 is 3.00 bits per heavy atom. The normalized spacial score (nSPS) is 10.8. The highest BCUT2D eigenvalue weighted by Gasteiger charge is 2.17. The lowest BCUT2D eigenvalue weighted by Crippen LogP contribution is -1.95. The SMILES string of the molecule is N#Cc1c(N)n[nH]c1CCCN=Cc1cc(Cl)cc([N+](=O)[O-])c1O. The van der Waals surface area contributed by atoms with Crippen LogP contribution in [0.15, 0.2) is 17.1 Å². The van der Waals surface area contributed by atoms with Gasteiger partial charge in [-0.25, -0.2) is 0 Å². The van der Waals surface area contributed by atoms with Gasteiger partial charge in [-0.1, -0.05) is 11.6 Å². The van der Waals surface area contributed by atoms with Gasteiger partial charge in [-0.3, -0.25) is 20.2 Å². The molecule has 1 heterocycles. The Morgan fingerprint density at radius 2 is 2.33 bits per heavy atom. The summed E-state index contributed by atoms with van der Waals surface area (Å²) in [6.45, 7) is 0.379. The number of aliphatic imine (C=N–C) groups is 1. The summed E-state index contributed by atoms with van der Waals surface area (Å²) >= 11 is 5.79. The summed E-state index contributed by atoms with van der Waals surface area (Å²) in [7, 11) is 0. The highest BCUT2D eigenvalue weighted by atomic mass is 35.5. The van der Waals surface area contributed by atoms with Crippen LogP contribution in [0.4, 0.5) is 11.5 Å². The number of nitro groups is 1. The molecular formula is C14H13ClN6O3. The van der Waals surface area contributed by atoms with Crippen molar-refractivity contribution in [2.75, 3.05) is 12.3 Å². The Morgan fingerprint density at radius 1 is 1.58 bits per heavy atom. The smallest absolute Gasteiger partial charge is 0.312 e. The fraction of sp³-hybridized carbons (Fsp3) is 0.214. The second kappa shape index (κ2) is 7.43. The molecule has 0 aliphatic carbocycles. The van der Waals surface area contributed by atoms with E-state index in [1.54, 1.807) is 0 Å². The van der Waals surface area contributed by atoms with E-state index in [0.717, 1.165) is 6.07 Å². The zero-order valence-electron chi connectivity index (χ0n) is 12.4. The Hall–Kier alpha value is -3.12. The van der Waals surface area contributed by atoms with Crippen LogP contribution in [0.3, 0.4) is 0 Å². The summed E-state index contributed by atoms with van der Waals surface area (Å²) in [5.41, 5.74) is 6.18. The van der Waals surface area contributed by atoms with Gasteiger partial charge >= 0.3 is 5.69 Å². The number of nitrogens with two attached hydrogens (primary N) is 1. The van der Waals surface area contributed by atoms with E-state index in [1.807, 2.05) is 6.07 Å². The molecule has 124 valence electrons. The fourth-order valence-electron chi connectivity index (χ4n) is 2.05. The van der Waals surface area contributed by atoms with Gasteiger partial charge in [0.1, 0.15) is 11.6 Å². The maximum atomic E-state index is 10.8. The van der Waals surface area contributed by atoms with Crippen molar-refractivity contribution < 1.29 is 10.0 Å². The molecule has 0 atom stereocenters. The van der Waals surface area contributed by atoms with Crippen molar-refractivity contribution in [3.63, 3.8) is 0 Å². The van der Waals surface area contributed by atoms with Gasteiger partial charge in [0.05, 0.1) is 10.6 Å². The minimum atomic E-state index is -0.718. The predicted molar refractivity (Wildman–Crippen MR) is 88.3 cm³/mol.